The molecule has 0 bridgehead atoms. The number of hydrogen-bond donors (Lipinski definition) is 1. The van der Waals surface area contributed by atoms with E-state index in [1.807, 2.05) is 30.3 Å². The first kappa shape index (κ1) is 17.8. The Morgan fingerprint density at radius 3 is 2.59 bits per heavy atom. The molecular formula is C20H22ClN5O. The smallest absolute Gasteiger partial charge is 0.270 e. The number of fused-ring (bicyclic) bond motifs is 1. The number of anilines is 2. The Hall–Kier alpha value is -2.60. The summed E-state index contributed by atoms with van der Waals surface area (Å²) in [7, 11) is 3.55. The molecule has 27 heavy (non-hydrogen) atoms. The lowest BCUT2D eigenvalue weighted by atomic mass is 10.2. The Bertz CT molecular complexity index is 974. The summed E-state index contributed by atoms with van der Waals surface area (Å²) in [4.78, 5) is 23.5. The first-order valence-electron chi connectivity index (χ1n) is 9.15. The molecule has 0 atom stereocenters. The van der Waals surface area contributed by atoms with E-state index in [2.05, 4.69) is 14.9 Å². The van der Waals surface area contributed by atoms with Gasteiger partial charge in [-0.05, 0) is 43.2 Å². The van der Waals surface area contributed by atoms with Crippen LogP contribution in [-0.4, -0.2) is 39.4 Å². The van der Waals surface area contributed by atoms with Crippen LogP contribution < -0.4 is 5.32 Å². The molecule has 1 aromatic carbocycles. The summed E-state index contributed by atoms with van der Waals surface area (Å²) < 4.78 is 2.11. The van der Waals surface area contributed by atoms with Gasteiger partial charge in [0.2, 0.25) is 5.95 Å². The highest BCUT2D eigenvalue weighted by Crippen LogP contribution is 2.34. The molecule has 140 valence electrons. The van der Waals surface area contributed by atoms with Gasteiger partial charge >= 0.3 is 0 Å². The Morgan fingerprint density at radius 1 is 1.22 bits per heavy atom. The lowest BCUT2D eigenvalue weighted by Gasteiger charge is -2.19. The normalized spacial score (nSPS) is 14.6. The third-order valence-corrected chi connectivity index (χ3v) is 5.24. The Morgan fingerprint density at radius 2 is 1.93 bits per heavy atom. The van der Waals surface area contributed by atoms with Gasteiger partial charge in [0.05, 0.1) is 0 Å². The monoisotopic (exact) mass is 383 g/mol. The van der Waals surface area contributed by atoms with Crippen LogP contribution in [0.2, 0.25) is 5.02 Å². The highest BCUT2D eigenvalue weighted by atomic mass is 35.5. The maximum Gasteiger partial charge on any atom is 0.270 e. The van der Waals surface area contributed by atoms with Crippen molar-refractivity contribution in [3.8, 4) is 0 Å². The molecule has 0 radical (unpaired) electrons. The van der Waals surface area contributed by atoms with Gasteiger partial charge in [-0.2, -0.15) is 4.98 Å². The average molecular weight is 384 g/mol. The number of amides is 1. The fourth-order valence-electron chi connectivity index (χ4n) is 3.66. The zero-order chi connectivity index (χ0) is 19.0. The van der Waals surface area contributed by atoms with Gasteiger partial charge in [-0.15, -0.1) is 0 Å². The maximum absolute atomic E-state index is 12.7. The number of rotatable bonds is 4. The van der Waals surface area contributed by atoms with Crippen LogP contribution in [0.15, 0.2) is 36.5 Å². The molecule has 3 aromatic rings. The van der Waals surface area contributed by atoms with Crippen molar-refractivity contribution >= 4 is 40.2 Å². The molecule has 1 N–H and O–H groups in total. The highest BCUT2D eigenvalue weighted by molar-refractivity contribution is 6.30. The van der Waals surface area contributed by atoms with Crippen molar-refractivity contribution in [2.24, 2.45) is 0 Å². The van der Waals surface area contributed by atoms with E-state index in [0.717, 1.165) is 29.6 Å². The standard InChI is InChI=1S/C20H22ClN5O/c1-25(2)19(27)17-11-13-12-22-20(23-15-9-7-14(21)8-10-15)24-18(13)26(17)16-5-3-4-6-16/h7-12,16H,3-6H2,1-2H3,(H,22,23,24). The lowest BCUT2D eigenvalue weighted by molar-refractivity contribution is 0.0815. The fourth-order valence-corrected chi connectivity index (χ4v) is 3.78. The van der Waals surface area contributed by atoms with E-state index in [0.29, 0.717) is 22.7 Å². The van der Waals surface area contributed by atoms with Crippen LogP contribution in [0.4, 0.5) is 11.6 Å². The molecule has 7 heteroatoms. The first-order valence-corrected chi connectivity index (χ1v) is 9.53. The summed E-state index contributed by atoms with van der Waals surface area (Å²) in [5, 5.41) is 4.78. The zero-order valence-electron chi connectivity index (χ0n) is 15.4. The SMILES string of the molecule is CN(C)C(=O)c1cc2cnc(Nc3ccc(Cl)cc3)nc2n1C1CCCC1. The average Bonchev–Trinajstić information content (AvgIpc) is 3.29. The second-order valence-electron chi connectivity index (χ2n) is 7.14. The second kappa shape index (κ2) is 7.19. The topological polar surface area (TPSA) is 63.1 Å². The van der Waals surface area contributed by atoms with Crippen LogP contribution in [0.25, 0.3) is 11.0 Å². The summed E-state index contributed by atoms with van der Waals surface area (Å²) in [5.41, 5.74) is 2.35. The predicted octanol–water partition coefficient (Wildman–Crippen LogP) is 4.65. The van der Waals surface area contributed by atoms with Crippen LogP contribution in [-0.2, 0) is 0 Å². The largest absolute Gasteiger partial charge is 0.343 e. The van der Waals surface area contributed by atoms with Gasteiger partial charge in [-0.3, -0.25) is 4.79 Å². The van der Waals surface area contributed by atoms with Crippen LogP contribution >= 0.6 is 11.6 Å². The van der Waals surface area contributed by atoms with Crippen molar-refractivity contribution in [1.82, 2.24) is 19.4 Å². The van der Waals surface area contributed by atoms with E-state index in [-0.39, 0.29) is 5.91 Å². The van der Waals surface area contributed by atoms with Gasteiger partial charge in [0.25, 0.3) is 5.91 Å². The van der Waals surface area contributed by atoms with Crippen molar-refractivity contribution < 1.29 is 4.79 Å². The predicted molar refractivity (Wildman–Crippen MR) is 108 cm³/mol. The van der Waals surface area contributed by atoms with Gasteiger partial charge in [0.15, 0.2) is 0 Å². The third-order valence-electron chi connectivity index (χ3n) is 4.99. The lowest BCUT2D eigenvalue weighted by Crippen LogP contribution is -2.25. The Kier molecular flexibility index (Phi) is 4.74. The minimum atomic E-state index is -0.00731. The van der Waals surface area contributed by atoms with Crippen LogP contribution in [0.5, 0.6) is 0 Å². The first-order chi connectivity index (χ1) is 13.0. The molecule has 1 aliphatic carbocycles. The molecule has 1 saturated carbocycles. The van der Waals surface area contributed by atoms with Gasteiger partial charge in [-0.25, -0.2) is 4.98 Å². The van der Waals surface area contributed by atoms with Gasteiger partial charge in [0, 0.05) is 42.4 Å². The minimum absolute atomic E-state index is 0.00731. The number of benzene rings is 1. The summed E-state index contributed by atoms with van der Waals surface area (Å²) in [6, 6.07) is 9.61. The van der Waals surface area contributed by atoms with E-state index in [9.17, 15) is 4.79 Å². The molecule has 0 spiro atoms. The molecule has 1 amide bonds. The van der Waals surface area contributed by atoms with Gasteiger partial charge < -0.3 is 14.8 Å². The molecule has 0 aliphatic heterocycles. The van der Waals surface area contributed by atoms with Crippen molar-refractivity contribution in [2.75, 3.05) is 19.4 Å². The third kappa shape index (κ3) is 3.49. The van der Waals surface area contributed by atoms with E-state index >= 15 is 0 Å². The molecule has 0 unspecified atom stereocenters. The van der Waals surface area contributed by atoms with E-state index < -0.39 is 0 Å². The molecule has 1 aliphatic rings. The van der Waals surface area contributed by atoms with E-state index in [1.165, 1.54) is 12.8 Å². The van der Waals surface area contributed by atoms with Gasteiger partial charge in [0.1, 0.15) is 11.3 Å². The molecule has 4 rings (SSSR count). The minimum Gasteiger partial charge on any atom is -0.343 e. The molecule has 6 nitrogen and oxygen atoms in total. The molecular weight excluding hydrogens is 362 g/mol. The van der Waals surface area contributed by atoms with Gasteiger partial charge in [-0.1, -0.05) is 24.4 Å². The molecule has 2 aromatic heterocycles. The van der Waals surface area contributed by atoms with E-state index in [4.69, 9.17) is 16.6 Å². The van der Waals surface area contributed by atoms with Crippen LogP contribution in [0.3, 0.4) is 0 Å². The Labute approximate surface area is 163 Å². The van der Waals surface area contributed by atoms with E-state index in [1.54, 1.807) is 25.2 Å². The summed E-state index contributed by atoms with van der Waals surface area (Å²) in [6.45, 7) is 0. The summed E-state index contributed by atoms with van der Waals surface area (Å²) in [6.07, 6.45) is 6.28. The number of carbonyl (C=O) groups is 1. The number of nitrogens with one attached hydrogen (secondary N) is 1. The quantitative estimate of drug-likeness (QED) is 0.712. The molecule has 1 fully saturated rings. The number of aromatic nitrogens is 3. The van der Waals surface area contributed by atoms with Crippen molar-refractivity contribution in [3.05, 3.63) is 47.2 Å². The summed E-state index contributed by atoms with van der Waals surface area (Å²) in [5.74, 6) is 0.498. The number of carbonyl (C=O) groups excluding carboxylic acids is 1. The second-order valence-corrected chi connectivity index (χ2v) is 7.58. The Balaban J connectivity index is 1.77. The maximum atomic E-state index is 12.7. The molecule has 0 saturated heterocycles. The number of nitrogens with zero attached hydrogens (tertiary/aromatic N) is 4. The fraction of sp³-hybridized carbons (Fsp3) is 0.350. The number of hydrogen-bond acceptors (Lipinski definition) is 4. The molecule has 2 heterocycles. The summed E-state index contributed by atoms with van der Waals surface area (Å²) >= 11 is 5.95. The van der Waals surface area contributed by atoms with Crippen molar-refractivity contribution in [1.29, 1.82) is 0 Å². The number of halogens is 1. The van der Waals surface area contributed by atoms with Crippen LogP contribution in [0.1, 0.15) is 42.2 Å². The van der Waals surface area contributed by atoms with Crippen LogP contribution in [0, 0.1) is 0 Å². The van der Waals surface area contributed by atoms with Crippen molar-refractivity contribution in [2.45, 2.75) is 31.7 Å². The zero-order valence-corrected chi connectivity index (χ0v) is 16.2. The van der Waals surface area contributed by atoms with Crippen molar-refractivity contribution in [3.63, 3.8) is 0 Å². The highest BCUT2D eigenvalue weighted by Gasteiger charge is 2.26.